The Morgan fingerprint density at radius 2 is 1.65 bits per heavy atom. The lowest BCUT2D eigenvalue weighted by molar-refractivity contribution is 0.598. The van der Waals surface area contributed by atoms with E-state index >= 15 is 0 Å². The average Bonchev–Trinajstić information content (AvgIpc) is 2.80. The van der Waals surface area contributed by atoms with Gasteiger partial charge in [-0.25, -0.2) is 8.42 Å². The maximum atomic E-state index is 12.3. The van der Waals surface area contributed by atoms with E-state index in [9.17, 15) is 8.42 Å². The van der Waals surface area contributed by atoms with Gasteiger partial charge in [0.15, 0.2) is 0 Å². The minimum absolute atomic E-state index is 0.358. The summed E-state index contributed by atoms with van der Waals surface area (Å²) in [5.41, 5.74) is 0. The van der Waals surface area contributed by atoms with Crippen molar-refractivity contribution >= 4 is 21.2 Å². The highest BCUT2D eigenvalue weighted by Gasteiger charge is 2.19. The van der Waals surface area contributed by atoms with Crippen molar-refractivity contribution in [2.24, 2.45) is 0 Å². The van der Waals surface area contributed by atoms with E-state index in [1.165, 1.54) is 11.3 Å². The Morgan fingerprint density at radius 1 is 1.00 bits per heavy atom. The molecule has 0 radical (unpaired) electrons. The van der Waals surface area contributed by atoms with Crippen LogP contribution in [0, 0.1) is 0 Å². The van der Waals surface area contributed by atoms with Gasteiger partial charge in [-0.1, -0.05) is 32.0 Å². The van der Waals surface area contributed by atoms with Gasteiger partial charge in [-0.15, -0.1) is 11.3 Å². The first-order chi connectivity index (χ1) is 8.01. The Labute approximate surface area is 106 Å². The van der Waals surface area contributed by atoms with E-state index in [2.05, 4.69) is 13.8 Å². The summed E-state index contributed by atoms with van der Waals surface area (Å²) in [5.74, 6) is 0.361. The van der Waals surface area contributed by atoms with Gasteiger partial charge in [-0.05, 0) is 30.2 Å². The lowest BCUT2D eigenvalue weighted by atomic mass is 10.2. The second-order valence-corrected chi connectivity index (χ2v) is 7.42. The largest absolute Gasteiger partial charge is 0.218 e. The summed E-state index contributed by atoms with van der Waals surface area (Å²) in [7, 11) is -3.33. The maximum Gasteiger partial charge on any atom is 0.215 e. The van der Waals surface area contributed by atoms with E-state index < -0.39 is 9.84 Å². The number of thiophene rings is 1. The number of hydrogen-bond donors (Lipinski definition) is 0. The number of rotatable bonds is 3. The highest BCUT2D eigenvalue weighted by Crippen LogP contribution is 2.31. The zero-order valence-electron chi connectivity index (χ0n) is 9.75. The molecule has 0 aliphatic heterocycles. The van der Waals surface area contributed by atoms with E-state index in [1.807, 2.05) is 12.1 Å². The summed E-state index contributed by atoms with van der Waals surface area (Å²) in [6.07, 6.45) is 0. The molecule has 2 aromatic rings. The van der Waals surface area contributed by atoms with Crippen molar-refractivity contribution in [2.45, 2.75) is 28.9 Å². The van der Waals surface area contributed by atoms with Crippen LogP contribution < -0.4 is 0 Å². The summed E-state index contributed by atoms with van der Waals surface area (Å²) in [6.45, 7) is 4.12. The predicted molar refractivity (Wildman–Crippen MR) is 70.3 cm³/mol. The van der Waals surface area contributed by atoms with Gasteiger partial charge < -0.3 is 0 Å². The molecule has 0 fully saturated rings. The third-order valence-electron chi connectivity index (χ3n) is 2.49. The molecule has 4 heteroatoms. The van der Waals surface area contributed by atoms with Crippen molar-refractivity contribution in [2.75, 3.05) is 0 Å². The van der Waals surface area contributed by atoms with Crippen molar-refractivity contribution in [1.29, 1.82) is 0 Å². The Kier molecular flexibility index (Phi) is 3.35. The lowest BCUT2D eigenvalue weighted by Gasteiger charge is -2.01. The molecule has 0 unspecified atom stereocenters. The summed E-state index contributed by atoms with van der Waals surface area (Å²) < 4.78 is 25.0. The first-order valence-corrected chi connectivity index (χ1v) is 7.71. The average molecular weight is 266 g/mol. The monoisotopic (exact) mass is 266 g/mol. The van der Waals surface area contributed by atoms with Gasteiger partial charge in [0.1, 0.15) is 4.21 Å². The molecule has 2 nitrogen and oxygen atoms in total. The van der Waals surface area contributed by atoms with Gasteiger partial charge in [0, 0.05) is 4.88 Å². The van der Waals surface area contributed by atoms with E-state index in [1.54, 1.807) is 30.3 Å². The third kappa shape index (κ3) is 2.42. The van der Waals surface area contributed by atoms with Crippen LogP contribution in [0.3, 0.4) is 0 Å². The zero-order chi connectivity index (χ0) is 12.5. The van der Waals surface area contributed by atoms with Crippen LogP contribution in [0.15, 0.2) is 51.6 Å². The zero-order valence-corrected chi connectivity index (χ0v) is 11.4. The molecule has 0 bridgehead atoms. The molecule has 0 N–H and O–H groups in total. The molecule has 0 saturated carbocycles. The number of benzene rings is 1. The minimum atomic E-state index is -3.33. The molecule has 1 aromatic carbocycles. The fraction of sp³-hybridized carbons (Fsp3) is 0.231. The van der Waals surface area contributed by atoms with Crippen LogP contribution in [0.5, 0.6) is 0 Å². The van der Waals surface area contributed by atoms with E-state index in [-0.39, 0.29) is 0 Å². The number of sulfone groups is 1. The van der Waals surface area contributed by atoms with Crippen LogP contribution in [-0.4, -0.2) is 8.42 Å². The first-order valence-electron chi connectivity index (χ1n) is 5.41. The van der Waals surface area contributed by atoms with E-state index in [4.69, 9.17) is 0 Å². The fourth-order valence-electron chi connectivity index (χ4n) is 1.50. The van der Waals surface area contributed by atoms with Crippen LogP contribution in [0.2, 0.25) is 0 Å². The molecule has 1 aromatic heterocycles. The van der Waals surface area contributed by atoms with Crippen molar-refractivity contribution in [3.05, 3.63) is 47.3 Å². The summed E-state index contributed by atoms with van der Waals surface area (Å²) in [6, 6.07) is 12.1. The standard InChI is InChI=1S/C13H14O2S2/c1-10(2)12-8-9-13(16-12)17(14,15)11-6-4-3-5-7-11/h3-10H,1-2H3. The Hall–Kier alpha value is -1.13. The fourth-order valence-corrected chi connectivity index (χ4v) is 4.26. The molecule has 1 heterocycles. The van der Waals surface area contributed by atoms with Gasteiger partial charge in [0.2, 0.25) is 9.84 Å². The molecule has 0 aliphatic rings. The van der Waals surface area contributed by atoms with Crippen LogP contribution >= 0.6 is 11.3 Å². The predicted octanol–water partition coefficient (Wildman–Crippen LogP) is 3.70. The van der Waals surface area contributed by atoms with Crippen molar-refractivity contribution in [3.8, 4) is 0 Å². The number of hydrogen-bond acceptors (Lipinski definition) is 3. The molecule has 0 spiro atoms. The van der Waals surface area contributed by atoms with E-state index in [0.29, 0.717) is 15.0 Å². The highest BCUT2D eigenvalue weighted by molar-refractivity contribution is 7.93. The highest BCUT2D eigenvalue weighted by atomic mass is 32.2. The Balaban J connectivity index is 2.46. The van der Waals surface area contributed by atoms with Crippen LogP contribution in [0.25, 0.3) is 0 Å². The third-order valence-corrected chi connectivity index (χ3v) is 6.14. The van der Waals surface area contributed by atoms with Crippen molar-refractivity contribution in [1.82, 2.24) is 0 Å². The lowest BCUT2D eigenvalue weighted by Crippen LogP contribution is -1.98. The molecule has 0 atom stereocenters. The molecule has 0 aliphatic carbocycles. The normalized spacial score (nSPS) is 11.9. The van der Waals surface area contributed by atoms with E-state index in [0.717, 1.165) is 4.88 Å². The minimum Gasteiger partial charge on any atom is -0.218 e. The molecule has 0 saturated heterocycles. The Morgan fingerprint density at radius 3 is 2.18 bits per heavy atom. The molecule has 90 valence electrons. The molecule has 17 heavy (non-hydrogen) atoms. The van der Waals surface area contributed by atoms with Crippen molar-refractivity contribution < 1.29 is 8.42 Å². The van der Waals surface area contributed by atoms with Crippen LogP contribution in [-0.2, 0) is 9.84 Å². The quantitative estimate of drug-likeness (QED) is 0.848. The second-order valence-electron chi connectivity index (χ2n) is 4.13. The first kappa shape index (κ1) is 12.3. The van der Waals surface area contributed by atoms with Gasteiger partial charge >= 0.3 is 0 Å². The Bertz CT molecular complexity index is 595. The maximum absolute atomic E-state index is 12.3. The van der Waals surface area contributed by atoms with Crippen LogP contribution in [0.4, 0.5) is 0 Å². The molecule has 2 rings (SSSR count). The summed E-state index contributed by atoms with van der Waals surface area (Å²) in [4.78, 5) is 1.46. The van der Waals surface area contributed by atoms with Gasteiger partial charge in [0.05, 0.1) is 4.90 Å². The summed E-state index contributed by atoms with van der Waals surface area (Å²) in [5, 5.41) is 0. The summed E-state index contributed by atoms with van der Waals surface area (Å²) >= 11 is 1.35. The van der Waals surface area contributed by atoms with Crippen LogP contribution in [0.1, 0.15) is 24.6 Å². The SMILES string of the molecule is CC(C)c1ccc(S(=O)(=O)c2ccccc2)s1. The van der Waals surface area contributed by atoms with Gasteiger partial charge in [0.25, 0.3) is 0 Å². The topological polar surface area (TPSA) is 34.1 Å². The van der Waals surface area contributed by atoms with Gasteiger partial charge in [-0.2, -0.15) is 0 Å². The molecule has 0 amide bonds. The molecular formula is C13H14O2S2. The van der Waals surface area contributed by atoms with Gasteiger partial charge in [-0.3, -0.25) is 0 Å². The molecular weight excluding hydrogens is 252 g/mol. The van der Waals surface area contributed by atoms with Crippen molar-refractivity contribution in [3.63, 3.8) is 0 Å². The second kappa shape index (κ2) is 4.63. The smallest absolute Gasteiger partial charge is 0.215 e.